The maximum Gasteiger partial charge on any atom is 0.494 e. The van der Waals surface area contributed by atoms with Gasteiger partial charge in [0.15, 0.2) is 11.5 Å². The van der Waals surface area contributed by atoms with Gasteiger partial charge in [-0.1, -0.05) is 161 Å². The fourth-order valence-electron chi connectivity index (χ4n) is 12.8. The van der Waals surface area contributed by atoms with E-state index in [-0.39, 0.29) is 59.3 Å². The molecule has 3 saturated heterocycles. The molecule has 21 heteroatoms. The smallest absolute Gasteiger partial charge is 0.481 e. The molecular formula is C81H95B3N2O16. The zero-order chi connectivity index (χ0) is 73.7. The molecule has 8 aromatic rings. The van der Waals surface area contributed by atoms with Crippen molar-refractivity contribution in [3.8, 4) is 44.9 Å². The molecule has 2 atom stereocenters. The summed E-state index contributed by atoms with van der Waals surface area (Å²) >= 11 is 0. The molecule has 0 bridgehead atoms. The summed E-state index contributed by atoms with van der Waals surface area (Å²) in [4.78, 5) is 50.0. The van der Waals surface area contributed by atoms with Gasteiger partial charge in [0.2, 0.25) is 0 Å². The van der Waals surface area contributed by atoms with Crippen LogP contribution in [0.3, 0.4) is 0 Å². The van der Waals surface area contributed by atoms with E-state index in [0.29, 0.717) is 53.5 Å². The summed E-state index contributed by atoms with van der Waals surface area (Å²) in [6.45, 7) is 35.9. The van der Waals surface area contributed by atoms with Crippen molar-refractivity contribution in [2.45, 2.75) is 220 Å². The number of benzene rings is 6. The first kappa shape index (κ1) is 74.8. The molecule has 5 aliphatic rings. The first-order chi connectivity index (χ1) is 48.0. The van der Waals surface area contributed by atoms with Crippen molar-refractivity contribution in [2.75, 3.05) is 6.61 Å². The second-order valence-corrected chi connectivity index (χ2v) is 30.7. The van der Waals surface area contributed by atoms with E-state index < -0.39 is 55.2 Å². The molecule has 18 nitrogen and oxygen atoms in total. The third-order valence-corrected chi connectivity index (χ3v) is 21.8. The number of hydrogen-bond donors (Lipinski definition) is 1. The molecule has 3 aliphatic heterocycles. The average molecular weight is 1380 g/mol. The third-order valence-electron chi connectivity index (χ3n) is 21.8. The Labute approximate surface area is 600 Å². The quantitative estimate of drug-likeness (QED) is 0.0451. The Hall–Kier alpha value is -8.43. The summed E-state index contributed by atoms with van der Waals surface area (Å²) in [6.07, 6.45) is 2.27. The minimum atomic E-state index is -0.753. The van der Waals surface area contributed by atoms with Gasteiger partial charge in [-0.15, -0.1) is 0 Å². The highest BCUT2D eigenvalue weighted by molar-refractivity contribution is 7.11. The van der Waals surface area contributed by atoms with Gasteiger partial charge in [0.05, 0.1) is 75.3 Å². The lowest BCUT2D eigenvalue weighted by molar-refractivity contribution is -0.148. The molecule has 0 spiro atoms. The highest BCUT2D eigenvalue weighted by Gasteiger charge is 2.64. The van der Waals surface area contributed by atoms with Crippen LogP contribution in [0.4, 0.5) is 0 Å². The molecule has 2 aliphatic carbocycles. The van der Waals surface area contributed by atoms with Gasteiger partial charge >= 0.3 is 45.0 Å². The lowest BCUT2D eigenvalue weighted by atomic mass is 9.49. The molecule has 2 saturated carbocycles. The van der Waals surface area contributed by atoms with Crippen molar-refractivity contribution in [1.29, 1.82) is 0 Å². The summed E-state index contributed by atoms with van der Waals surface area (Å²) in [6, 6.07) is 47.3. The van der Waals surface area contributed by atoms with Crippen LogP contribution in [-0.2, 0) is 85.0 Å². The molecule has 102 heavy (non-hydrogen) atoms. The summed E-state index contributed by atoms with van der Waals surface area (Å²) in [5.74, 6) is -0.511. The maximum absolute atomic E-state index is 13.2. The predicted octanol–water partition coefficient (Wildman–Crippen LogP) is 15.9. The van der Waals surface area contributed by atoms with Crippen LogP contribution in [0.2, 0.25) is 0 Å². The minimum Gasteiger partial charge on any atom is -0.481 e. The number of esters is 3. The van der Waals surface area contributed by atoms with Gasteiger partial charge in [0.25, 0.3) is 0 Å². The van der Waals surface area contributed by atoms with E-state index in [1.165, 1.54) is 0 Å². The van der Waals surface area contributed by atoms with Crippen molar-refractivity contribution in [3.05, 3.63) is 196 Å². The second-order valence-electron chi connectivity index (χ2n) is 30.7. The van der Waals surface area contributed by atoms with Gasteiger partial charge in [-0.3, -0.25) is 19.2 Å². The molecule has 2 aromatic heterocycles. The van der Waals surface area contributed by atoms with Gasteiger partial charge in [0, 0.05) is 22.3 Å². The van der Waals surface area contributed by atoms with Crippen LogP contribution < -0.4 is 5.46 Å². The van der Waals surface area contributed by atoms with Crippen LogP contribution in [-0.4, -0.2) is 101 Å². The van der Waals surface area contributed by atoms with Gasteiger partial charge in [0.1, 0.15) is 12.2 Å². The first-order valence-electron chi connectivity index (χ1n) is 35.3. The van der Waals surface area contributed by atoms with Crippen molar-refractivity contribution in [3.63, 3.8) is 0 Å². The number of hydrogen-bond acceptors (Lipinski definition) is 17. The zero-order valence-electron chi connectivity index (χ0n) is 62.2. The fourth-order valence-corrected chi connectivity index (χ4v) is 12.8. The Bertz CT molecular complexity index is 4270. The number of rotatable bonds is 19. The molecule has 0 radical (unpaired) electrons. The molecule has 0 unspecified atom stereocenters. The second kappa shape index (κ2) is 28.7. The van der Waals surface area contributed by atoms with E-state index in [4.69, 9.17) is 51.2 Å². The highest BCUT2D eigenvalue weighted by Crippen LogP contribution is 2.51. The number of aryl methyl sites for hydroxylation is 3. The Morgan fingerprint density at radius 3 is 1.17 bits per heavy atom. The van der Waals surface area contributed by atoms with Crippen LogP contribution in [0, 0.1) is 20.8 Å². The SMILES string of the molecule is CC1(C)OB(B2OC(C)(C)C(C)(C)O2)OC1(C)C.CCOC(=O)C1(c2ccc(-c3ccc(-c4onc(C)c4CC(=O)O[C@H](C)c4cccc(B5OC(C)(C)C(C)(C)O5)c4)cc3)cc2)CC1.Cc1noc(-c2ccc(-c3ccc(C4(C(=O)O)CC4)cc3)cc2)c1CC(=O)O[C@H](C)c1cccc([11CH3])c1. The molecule has 534 valence electrons. The van der Waals surface area contributed by atoms with Crippen LogP contribution in [0.25, 0.3) is 44.9 Å². The number of carbonyl (C=O) groups excluding carboxylic acids is 3. The Morgan fingerprint density at radius 2 is 0.804 bits per heavy atom. The predicted molar refractivity (Wildman–Crippen MR) is 392 cm³/mol. The summed E-state index contributed by atoms with van der Waals surface area (Å²) in [7, 11) is -1.45. The molecular weight excluding hydrogens is 1290 g/mol. The lowest BCUT2D eigenvalue weighted by Gasteiger charge is -2.32. The molecule has 6 aromatic carbocycles. The van der Waals surface area contributed by atoms with E-state index in [2.05, 4.69) is 10.3 Å². The van der Waals surface area contributed by atoms with Gasteiger partial charge < -0.3 is 56.3 Å². The Kier molecular flexibility index (Phi) is 21.0. The Balaban J connectivity index is 0.000000168. The number of aliphatic carboxylic acids is 1. The molecule has 1 N–H and O–H groups in total. The number of ether oxygens (including phenoxy) is 3. The Morgan fingerprint density at radius 1 is 0.461 bits per heavy atom. The minimum absolute atomic E-state index is 0.0252. The van der Waals surface area contributed by atoms with Crippen LogP contribution in [0.15, 0.2) is 155 Å². The van der Waals surface area contributed by atoms with Gasteiger partial charge in [-0.25, -0.2) is 0 Å². The number of carboxylic acids is 1. The summed E-state index contributed by atoms with van der Waals surface area (Å²) in [5, 5.41) is 17.8. The van der Waals surface area contributed by atoms with E-state index in [1.807, 2.05) is 270 Å². The lowest BCUT2D eigenvalue weighted by Crippen LogP contribution is -2.41. The highest BCUT2D eigenvalue weighted by atomic mass is 16.7. The van der Waals surface area contributed by atoms with E-state index in [1.54, 1.807) is 0 Å². The first-order valence-corrected chi connectivity index (χ1v) is 35.3. The van der Waals surface area contributed by atoms with E-state index >= 15 is 0 Å². The normalized spacial score (nSPS) is 19.3. The van der Waals surface area contributed by atoms with Crippen LogP contribution >= 0.6 is 0 Å². The number of carboxylic acid groups (broad SMARTS) is 1. The van der Waals surface area contributed by atoms with Crippen LogP contribution in [0.1, 0.15) is 192 Å². The van der Waals surface area contributed by atoms with Gasteiger partial charge in [-0.05, 0) is 200 Å². The van der Waals surface area contributed by atoms with Crippen molar-refractivity contribution >= 4 is 50.5 Å². The third kappa shape index (κ3) is 15.6. The fraction of sp³-hybridized carbons (Fsp3) is 0.432. The number of nitrogens with zero attached hydrogens (tertiary/aromatic N) is 2. The van der Waals surface area contributed by atoms with Crippen molar-refractivity contribution in [1.82, 2.24) is 10.3 Å². The zero-order valence-corrected chi connectivity index (χ0v) is 62.2. The monoisotopic (exact) mass is 1380 g/mol. The number of aromatic nitrogens is 2. The summed E-state index contributed by atoms with van der Waals surface area (Å²) < 4.78 is 64.5. The molecule has 13 rings (SSSR count). The van der Waals surface area contributed by atoms with E-state index in [0.717, 1.165) is 79.5 Å². The van der Waals surface area contributed by atoms with Crippen molar-refractivity contribution < 1.29 is 75.5 Å². The molecule has 5 heterocycles. The average Bonchev–Trinajstić information content (AvgIpc) is 1.61. The topological polar surface area (TPSA) is 224 Å². The van der Waals surface area contributed by atoms with E-state index in [9.17, 15) is 24.3 Å². The maximum atomic E-state index is 13.2. The molecule has 0 amide bonds. The van der Waals surface area contributed by atoms with Crippen LogP contribution in [0.5, 0.6) is 0 Å². The summed E-state index contributed by atoms with van der Waals surface area (Å²) in [5.41, 5.74) is 10.5. The van der Waals surface area contributed by atoms with Crippen molar-refractivity contribution in [2.24, 2.45) is 0 Å². The molecule has 5 fully saturated rings. The standard InChI is InChI=1S/C38H42BNO7.C31H29NO5.C12H24B2O4/c1-8-43-35(42)38(20-21-38)30-18-16-27(17-19-30)26-12-14-28(15-13-26)34-32(24(2)40-45-34)23-33(41)44-25(3)29-10-9-11-31(22-29)39-46-36(4,5)37(6,7)47-39;1-19-5-4-6-25(17-19)21(3)36-28(33)18-27-20(2)32-37-29(27)24-9-7-22(8-10-24)23-11-13-26(14-12-23)31(15-16-31)30(34)35;1-9(2)10(3,4)16-13(15-9)14-17-11(5,6)12(7,8)18-14/h9-19,22,25H,8,20-21,23H2,1-7H3;4-14,17,21H,15-16,18H2,1-3H3,(H,34,35);1-8H3/t25-;21-;/m11./s1/i;1-1;. The number of carbonyl (C=O) groups is 4. The largest absolute Gasteiger partial charge is 0.494 e. The van der Waals surface area contributed by atoms with Gasteiger partial charge in [-0.2, -0.15) is 0 Å².